The van der Waals surface area contributed by atoms with Gasteiger partial charge in [-0.1, -0.05) is 6.07 Å². The first-order valence-corrected chi connectivity index (χ1v) is 6.27. The highest BCUT2D eigenvalue weighted by atomic mass is 19.1. The summed E-state index contributed by atoms with van der Waals surface area (Å²) < 4.78 is 13.8. The fourth-order valence-electron chi connectivity index (χ4n) is 2.03. The second-order valence-corrected chi connectivity index (χ2v) is 4.49. The first-order chi connectivity index (χ1) is 9.60. The van der Waals surface area contributed by atoms with Gasteiger partial charge >= 0.3 is 0 Å². The number of pyridine rings is 1. The van der Waals surface area contributed by atoms with E-state index in [1.54, 1.807) is 38.5 Å². The Morgan fingerprint density at radius 1 is 1.40 bits per heavy atom. The topological polar surface area (TPSA) is 54.0 Å². The van der Waals surface area contributed by atoms with E-state index in [2.05, 4.69) is 15.6 Å². The third kappa shape index (κ3) is 3.32. The lowest BCUT2D eigenvalue weighted by Gasteiger charge is -2.11. The number of aryl methyl sites for hydroxylation is 1. The summed E-state index contributed by atoms with van der Waals surface area (Å²) >= 11 is 0. The molecule has 4 nitrogen and oxygen atoms in total. The lowest BCUT2D eigenvalue weighted by Crippen LogP contribution is -2.15. The van der Waals surface area contributed by atoms with Crippen LogP contribution in [-0.4, -0.2) is 17.9 Å². The van der Waals surface area contributed by atoms with Crippen molar-refractivity contribution < 1.29 is 9.18 Å². The van der Waals surface area contributed by atoms with Crippen molar-refractivity contribution in [1.82, 2.24) is 4.98 Å². The molecule has 0 bridgehead atoms. The fraction of sp³-hybridized carbons (Fsp3) is 0.200. The van der Waals surface area contributed by atoms with Gasteiger partial charge in [0.15, 0.2) is 0 Å². The van der Waals surface area contributed by atoms with E-state index in [-0.39, 0.29) is 18.1 Å². The standard InChI is InChI=1S/C15H16FN3O/c1-10-6-12(8-13(16)15(10)17-2)19-14(20)7-11-4-3-5-18-9-11/h3-6,8-9,17H,7H2,1-2H3,(H,19,20). The van der Waals surface area contributed by atoms with Gasteiger partial charge < -0.3 is 10.6 Å². The van der Waals surface area contributed by atoms with Crippen LogP contribution < -0.4 is 10.6 Å². The summed E-state index contributed by atoms with van der Waals surface area (Å²) in [6.45, 7) is 1.78. The fourth-order valence-corrected chi connectivity index (χ4v) is 2.03. The molecule has 0 atom stereocenters. The smallest absolute Gasteiger partial charge is 0.228 e. The number of nitrogens with one attached hydrogen (secondary N) is 2. The highest BCUT2D eigenvalue weighted by molar-refractivity contribution is 5.92. The lowest BCUT2D eigenvalue weighted by molar-refractivity contribution is -0.115. The Morgan fingerprint density at radius 2 is 2.20 bits per heavy atom. The summed E-state index contributed by atoms with van der Waals surface area (Å²) in [5.41, 5.74) is 2.45. The van der Waals surface area contributed by atoms with Crippen LogP contribution in [0.2, 0.25) is 0 Å². The Balaban J connectivity index is 2.08. The molecular formula is C15H16FN3O. The van der Waals surface area contributed by atoms with Crippen LogP contribution in [0.25, 0.3) is 0 Å². The third-order valence-corrected chi connectivity index (χ3v) is 2.91. The number of nitrogens with zero attached hydrogens (tertiary/aromatic N) is 1. The van der Waals surface area contributed by atoms with E-state index in [1.807, 2.05) is 6.07 Å². The van der Waals surface area contributed by atoms with Crippen molar-refractivity contribution in [3.63, 3.8) is 0 Å². The van der Waals surface area contributed by atoms with Crippen LogP contribution in [0.3, 0.4) is 0 Å². The molecule has 0 aliphatic heterocycles. The van der Waals surface area contributed by atoms with Crippen molar-refractivity contribution >= 4 is 17.3 Å². The average Bonchev–Trinajstić information content (AvgIpc) is 2.39. The summed E-state index contributed by atoms with van der Waals surface area (Å²) in [6.07, 6.45) is 3.49. The molecule has 2 N–H and O–H groups in total. The summed E-state index contributed by atoms with van der Waals surface area (Å²) in [7, 11) is 1.66. The Kier molecular flexibility index (Phi) is 4.30. The number of hydrogen-bond donors (Lipinski definition) is 2. The number of carbonyl (C=O) groups is 1. The molecule has 0 fully saturated rings. The molecule has 2 rings (SSSR count). The zero-order chi connectivity index (χ0) is 14.5. The first kappa shape index (κ1) is 14.0. The van der Waals surface area contributed by atoms with Gasteiger partial charge in [0.25, 0.3) is 0 Å². The minimum atomic E-state index is -0.385. The van der Waals surface area contributed by atoms with Gasteiger partial charge in [-0.3, -0.25) is 9.78 Å². The molecule has 104 valence electrons. The second kappa shape index (κ2) is 6.14. The number of aromatic nitrogens is 1. The van der Waals surface area contributed by atoms with E-state index < -0.39 is 0 Å². The highest BCUT2D eigenvalue weighted by Gasteiger charge is 2.09. The van der Waals surface area contributed by atoms with Crippen LogP contribution in [0.4, 0.5) is 15.8 Å². The minimum absolute atomic E-state index is 0.200. The summed E-state index contributed by atoms with van der Waals surface area (Å²) in [5.74, 6) is -0.585. The van der Waals surface area contributed by atoms with E-state index in [9.17, 15) is 9.18 Å². The number of carbonyl (C=O) groups excluding carboxylic acids is 1. The highest BCUT2D eigenvalue weighted by Crippen LogP contribution is 2.23. The van der Waals surface area contributed by atoms with E-state index in [1.165, 1.54) is 6.07 Å². The maximum atomic E-state index is 13.8. The predicted molar refractivity (Wildman–Crippen MR) is 77.3 cm³/mol. The molecule has 1 aromatic heterocycles. The number of anilines is 2. The van der Waals surface area contributed by atoms with Crippen LogP contribution >= 0.6 is 0 Å². The average molecular weight is 273 g/mol. The molecule has 5 heteroatoms. The summed E-state index contributed by atoms with van der Waals surface area (Å²) in [6, 6.07) is 6.63. The quantitative estimate of drug-likeness (QED) is 0.900. The van der Waals surface area contributed by atoms with E-state index >= 15 is 0 Å². The normalized spacial score (nSPS) is 10.2. The number of halogens is 1. The van der Waals surface area contributed by atoms with Crippen molar-refractivity contribution in [2.24, 2.45) is 0 Å². The van der Waals surface area contributed by atoms with Crippen LogP contribution in [0.1, 0.15) is 11.1 Å². The van der Waals surface area contributed by atoms with Crippen LogP contribution in [0, 0.1) is 12.7 Å². The molecule has 0 aliphatic rings. The summed E-state index contributed by atoms with van der Waals surface area (Å²) in [4.78, 5) is 15.8. The molecule has 20 heavy (non-hydrogen) atoms. The monoisotopic (exact) mass is 273 g/mol. The maximum Gasteiger partial charge on any atom is 0.228 e. The Morgan fingerprint density at radius 3 is 2.80 bits per heavy atom. The van der Waals surface area contributed by atoms with Gasteiger partial charge in [-0.05, 0) is 36.2 Å². The van der Waals surface area contributed by atoms with E-state index in [4.69, 9.17) is 0 Å². The van der Waals surface area contributed by atoms with Gasteiger partial charge in [0, 0.05) is 25.1 Å². The molecular weight excluding hydrogens is 257 g/mol. The van der Waals surface area contributed by atoms with Crippen LogP contribution in [-0.2, 0) is 11.2 Å². The molecule has 2 aromatic rings. The van der Waals surface area contributed by atoms with E-state index in [0.29, 0.717) is 11.4 Å². The SMILES string of the molecule is CNc1c(C)cc(NC(=O)Cc2cccnc2)cc1F. The van der Waals surface area contributed by atoms with Crippen LogP contribution in [0.15, 0.2) is 36.7 Å². The Hall–Kier alpha value is -2.43. The van der Waals surface area contributed by atoms with Crippen molar-refractivity contribution in [2.45, 2.75) is 13.3 Å². The van der Waals surface area contributed by atoms with Crippen LogP contribution in [0.5, 0.6) is 0 Å². The molecule has 0 aliphatic carbocycles. The molecule has 0 spiro atoms. The number of rotatable bonds is 4. The maximum absolute atomic E-state index is 13.8. The Labute approximate surface area is 117 Å². The van der Waals surface area contributed by atoms with Gasteiger partial charge in [0.2, 0.25) is 5.91 Å². The van der Waals surface area contributed by atoms with Gasteiger partial charge in [-0.25, -0.2) is 4.39 Å². The zero-order valence-electron chi connectivity index (χ0n) is 11.4. The van der Waals surface area contributed by atoms with Gasteiger partial charge in [-0.2, -0.15) is 0 Å². The largest absolute Gasteiger partial charge is 0.386 e. The van der Waals surface area contributed by atoms with Crippen molar-refractivity contribution in [1.29, 1.82) is 0 Å². The van der Waals surface area contributed by atoms with Crippen molar-refractivity contribution in [3.05, 3.63) is 53.6 Å². The molecule has 1 amide bonds. The van der Waals surface area contributed by atoms with Gasteiger partial charge in [0.1, 0.15) is 5.82 Å². The molecule has 0 unspecified atom stereocenters. The van der Waals surface area contributed by atoms with Crippen molar-refractivity contribution in [2.75, 3.05) is 17.7 Å². The molecule has 1 aromatic carbocycles. The Bertz CT molecular complexity index is 591. The third-order valence-electron chi connectivity index (χ3n) is 2.91. The molecule has 0 saturated carbocycles. The minimum Gasteiger partial charge on any atom is -0.386 e. The molecule has 1 heterocycles. The first-order valence-electron chi connectivity index (χ1n) is 6.27. The lowest BCUT2D eigenvalue weighted by atomic mass is 10.1. The second-order valence-electron chi connectivity index (χ2n) is 4.49. The predicted octanol–water partition coefficient (Wildman–Crippen LogP) is 2.75. The van der Waals surface area contributed by atoms with E-state index in [0.717, 1.165) is 11.1 Å². The number of hydrogen-bond acceptors (Lipinski definition) is 3. The number of amides is 1. The summed E-state index contributed by atoms with van der Waals surface area (Å²) in [5, 5.41) is 5.48. The van der Waals surface area contributed by atoms with Gasteiger partial charge in [0.05, 0.1) is 12.1 Å². The van der Waals surface area contributed by atoms with Gasteiger partial charge in [-0.15, -0.1) is 0 Å². The molecule has 0 saturated heterocycles. The number of benzene rings is 1. The van der Waals surface area contributed by atoms with Crippen molar-refractivity contribution in [3.8, 4) is 0 Å². The molecule has 0 radical (unpaired) electrons. The zero-order valence-corrected chi connectivity index (χ0v) is 11.4.